The van der Waals surface area contributed by atoms with Crippen LogP contribution in [0.5, 0.6) is 0 Å². The van der Waals surface area contributed by atoms with Crippen LogP contribution in [0.1, 0.15) is 16.7 Å². The van der Waals surface area contributed by atoms with E-state index in [1.807, 2.05) is 35.3 Å². The fraction of sp³-hybridized carbons (Fsp3) is 0.304. The largest absolute Gasteiger partial charge is 0.346 e. The number of thiocarbonyl (C=S) groups is 1. The quantitative estimate of drug-likeness (QED) is 0.630. The number of hydrogen-bond donors (Lipinski definition) is 1. The lowest BCUT2D eigenvalue weighted by molar-refractivity contribution is 0.177. The molecule has 1 saturated heterocycles. The van der Waals surface area contributed by atoms with Crippen LogP contribution in [0.25, 0.3) is 0 Å². The van der Waals surface area contributed by atoms with Crippen molar-refractivity contribution in [1.29, 1.82) is 0 Å². The van der Waals surface area contributed by atoms with Gasteiger partial charge in [0.25, 0.3) is 0 Å². The van der Waals surface area contributed by atoms with E-state index in [4.69, 9.17) is 12.2 Å². The van der Waals surface area contributed by atoms with Crippen LogP contribution in [0.3, 0.4) is 0 Å². The lowest BCUT2D eigenvalue weighted by Gasteiger charge is -2.36. The number of rotatable bonds is 5. The van der Waals surface area contributed by atoms with E-state index in [-0.39, 0.29) is 5.82 Å². The molecule has 1 aliphatic heterocycles. The molecule has 2 aromatic carbocycles. The summed E-state index contributed by atoms with van der Waals surface area (Å²) >= 11 is 5.61. The van der Waals surface area contributed by atoms with E-state index in [9.17, 15) is 4.39 Å². The maximum Gasteiger partial charge on any atom is 0.173 e. The fourth-order valence-electron chi connectivity index (χ4n) is 3.68. The second kappa shape index (κ2) is 9.36. The van der Waals surface area contributed by atoms with Gasteiger partial charge in [-0.3, -0.25) is 9.58 Å². The summed E-state index contributed by atoms with van der Waals surface area (Å²) in [5.41, 5.74) is 4.42. The van der Waals surface area contributed by atoms with E-state index in [0.29, 0.717) is 0 Å². The number of nitrogens with zero attached hydrogens (tertiary/aromatic N) is 4. The molecule has 0 radical (unpaired) electrons. The Kier molecular flexibility index (Phi) is 6.40. The average Bonchev–Trinajstić information content (AvgIpc) is 3.17. The van der Waals surface area contributed by atoms with Crippen LogP contribution in [0.15, 0.2) is 60.9 Å². The number of benzene rings is 2. The van der Waals surface area contributed by atoms with E-state index in [2.05, 4.69) is 39.3 Å². The number of hydrogen-bond acceptors (Lipinski definition) is 3. The summed E-state index contributed by atoms with van der Waals surface area (Å²) < 4.78 is 15.3. The van der Waals surface area contributed by atoms with Gasteiger partial charge in [-0.25, -0.2) is 4.39 Å². The molecule has 0 spiro atoms. The van der Waals surface area contributed by atoms with Gasteiger partial charge in [-0.15, -0.1) is 0 Å². The molecule has 0 aliphatic carbocycles. The lowest BCUT2D eigenvalue weighted by Crippen LogP contribution is -2.49. The standard InChI is InChI=1S/C23H26FN5S/c1-18-5-2-3-7-20(18)16-29-17-22(14-25-29)26-23(30)28-11-9-27(10-12-28)15-19-6-4-8-21(24)13-19/h2-8,13-14,17H,9-12,15-16H2,1H3,(H,26,30). The highest BCUT2D eigenvalue weighted by atomic mass is 32.1. The Hall–Kier alpha value is -2.77. The Labute approximate surface area is 182 Å². The minimum Gasteiger partial charge on any atom is -0.346 e. The van der Waals surface area contributed by atoms with Gasteiger partial charge in [0.1, 0.15) is 5.82 Å². The number of anilines is 1. The minimum absolute atomic E-state index is 0.181. The van der Waals surface area contributed by atoms with Crippen LogP contribution in [0.2, 0.25) is 0 Å². The smallest absolute Gasteiger partial charge is 0.173 e. The summed E-state index contributed by atoms with van der Waals surface area (Å²) in [5, 5.41) is 8.48. The van der Waals surface area contributed by atoms with Crippen molar-refractivity contribution in [2.45, 2.75) is 20.0 Å². The molecule has 1 fully saturated rings. The van der Waals surface area contributed by atoms with Crippen LogP contribution < -0.4 is 5.32 Å². The number of aryl methyl sites for hydroxylation is 1. The van der Waals surface area contributed by atoms with Crippen molar-refractivity contribution < 1.29 is 4.39 Å². The molecular weight excluding hydrogens is 397 g/mol. The van der Waals surface area contributed by atoms with Gasteiger partial charge in [0.15, 0.2) is 5.11 Å². The highest BCUT2D eigenvalue weighted by Gasteiger charge is 2.19. The Morgan fingerprint density at radius 1 is 1.07 bits per heavy atom. The zero-order valence-electron chi connectivity index (χ0n) is 17.1. The Morgan fingerprint density at radius 2 is 1.87 bits per heavy atom. The molecule has 0 bridgehead atoms. The summed E-state index contributed by atoms with van der Waals surface area (Å²) in [6.07, 6.45) is 3.80. The maximum absolute atomic E-state index is 13.4. The molecule has 0 saturated carbocycles. The predicted octanol–water partition coefficient (Wildman–Crippen LogP) is 3.89. The van der Waals surface area contributed by atoms with Crippen molar-refractivity contribution in [3.63, 3.8) is 0 Å². The lowest BCUT2D eigenvalue weighted by atomic mass is 10.1. The van der Waals surface area contributed by atoms with Gasteiger partial charge in [-0.1, -0.05) is 36.4 Å². The maximum atomic E-state index is 13.4. The van der Waals surface area contributed by atoms with Gasteiger partial charge in [-0.2, -0.15) is 5.10 Å². The molecule has 156 valence electrons. The van der Waals surface area contributed by atoms with Gasteiger partial charge >= 0.3 is 0 Å². The van der Waals surface area contributed by atoms with Crippen molar-refractivity contribution in [2.75, 3.05) is 31.5 Å². The molecule has 1 aliphatic rings. The number of aromatic nitrogens is 2. The monoisotopic (exact) mass is 423 g/mol. The van der Waals surface area contributed by atoms with Crippen molar-refractivity contribution in [2.24, 2.45) is 0 Å². The molecule has 3 aromatic rings. The summed E-state index contributed by atoms with van der Waals surface area (Å²) in [6.45, 7) is 7.09. The summed E-state index contributed by atoms with van der Waals surface area (Å²) in [4.78, 5) is 4.50. The molecule has 1 N–H and O–H groups in total. The Bertz CT molecular complexity index is 1010. The highest BCUT2D eigenvalue weighted by molar-refractivity contribution is 7.80. The second-order valence-corrected chi connectivity index (χ2v) is 8.06. The van der Waals surface area contributed by atoms with E-state index < -0.39 is 0 Å². The first kappa shape index (κ1) is 20.5. The van der Waals surface area contributed by atoms with Crippen LogP contribution in [0, 0.1) is 12.7 Å². The van der Waals surface area contributed by atoms with Gasteiger partial charge in [0.05, 0.1) is 18.4 Å². The van der Waals surface area contributed by atoms with Gasteiger partial charge in [0, 0.05) is 38.9 Å². The van der Waals surface area contributed by atoms with E-state index in [0.717, 1.165) is 55.6 Å². The van der Waals surface area contributed by atoms with Crippen LogP contribution in [0.4, 0.5) is 10.1 Å². The first-order valence-corrected chi connectivity index (χ1v) is 10.6. The first-order valence-electron chi connectivity index (χ1n) is 10.2. The SMILES string of the molecule is Cc1ccccc1Cn1cc(NC(=S)N2CCN(Cc3cccc(F)c3)CC2)cn1. The second-order valence-electron chi connectivity index (χ2n) is 7.68. The normalized spacial score (nSPS) is 14.7. The van der Waals surface area contributed by atoms with E-state index in [1.54, 1.807) is 12.1 Å². The molecule has 0 atom stereocenters. The van der Waals surface area contributed by atoms with E-state index >= 15 is 0 Å². The van der Waals surface area contributed by atoms with Crippen LogP contribution in [-0.2, 0) is 13.1 Å². The summed E-state index contributed by atoms with van der Waals surface area (Å²) in [5.74, 6) is -0.181. The molecule has 2 heterocycles. The van der Waals surface area contributed by atoms with Crippen LogP contribution in [-0.4, -0.2) is 50.9 Å². The molecule has 7 heteroatoms. The predicted molar refractivity (Wildman–Crippen MR) is 122 cm³/mol. The Morgan fingerprint density at radius 3 is 2.63 bits per heavy atom. The molecule has 5 nitrogen and oxygen atoms in total. The summed E-state index contributed by atoms with van der Waals surface area (Å²) in [7, 11) is 0. The number of nitrogens with one attached hydrogen (secondary N) is 1. The van der Waals surface area contributed by atoms with E-state index in [1.165, 1.54) is 17.2 Å². The van der Waals surface area contributed by atoms with Crippen molar-refractivity contribution in [3.8, 4) is 0 Å². The molecule has 4 rings (SSSR count). The third kappa shape index (κ3) is 5.23. The van der Waals surface area contributed by atoms with Gasteiger partial charge in [0.2, 0.25) is 0 Å². The van der Waals surface area contributed by atoms with Gasteiger partial charge in [-0.05, 0) is 48.0 Å². The van der Waals surface area contributed by atoms with Crippen LogP contribution >= 0.6 is 12.2 Å². The molecule has 1 aromatic heterocycles. The topological polar surface area (TPSA) is 36.3 Å². The molecule has 0 unspecified atom stereocenters. The number of halogens is 1. The molecule has 30 heavy (non-hydrogen) atoms. The average molecular weight is 424 g/mol. The third-order valence-electron chi connectivity index (χ3n) is 5.43. The first-order chi connectivity index (χ1) is 14.6. The third-order valence-corrected chi connectivity index (χ3v) is 5.79. The Balaban J connectivity index is 1.27. The number of piperazine rings is 1. The highest BCUT2D eigenvalue weighted by Crippen LogP contribution is 2.14. The molecular formula is C23H26FN5S. The molecule has 0 amide bonds. The zero-order chi connectivity index (χ0) is 20.9. The van der Waals surface area contributed by atoms with Crippen molar-refractivity contribution in [3.05, 3.63) is 83.4 Å². The summed E-state index contributed by atoms with van der Waals surface area (Å²) in [6, 6.07) is 15.1. The minimum atomic E-state index is -0.181. The van der Waals surface area contributed by atoms with Crippen molar-refractivity contribution >= 4 is 23.0 Å². The van der Waals surface area contributed by atoms with Gasteiger partial charge < -0.3 is 10.2 Å². The fourth-order valence-corrected chi connectivity index (χ4v) is 3.98. The zero-order valence-corrected chi connectivity index (χ0v) is 17.9. The van der Waals surface area contributed by atoms with Crippen molar-refractivity contribution in [1.82, 2.24) is 19.6 Å².